The number of carboxylic acid groups (broad SMARTS) is 1. The zero-order valence-electron chi connectivity index (χ0n) is 13.7. The van der Waals surface area contributed by atoms with E-state index in [0.717, 1.165) is 12.8 Å². The van der Waals surface area contributed by atoms with Crippen molar-refractivity contribution in [1.82, 2.24) is 0 Å². The van der Waals surface area contributed by atoms with Crippen LogP contribution < -0.4 is 10.1 Å². The first kappa shape index (κ1) is 17.3. The molecule has 1 aromatic carbocycles. The Labute approximate surface area is 137 Å². The largest absolute Gasteiger partial charge is 0.493 e. The molecule has 126 valence electrons. The highest BCUT2D eigenvalue weighted by molar-refractivity contribution is 5.95. The molecule has 2 atom stereocenters. The summed E-state index contributed by atoms with van der Waals surface area (Å²) in [7, 11) is 0. The van der Waals surface area contributed by atoms with Crippen molar-refractivity contribution in [1.29, 1.82) is 0 Å². The van der Waals surface area contributed by atoms with Gasteiger partial charge in [-0.25, -0.2) is 0 Å². The number of carbonyl (C=O) groups is 2. The first-order valence-electron chi connectivity index (χ1n) is 8.24. The molecule has 5 heteroatoms. The first-order chi connectivity index (χ1) is 11.0. The number of nitrogens with one attached hydrogen (secondary N) is 1. The molecule has 1 saturated carbocycles. The van der Waals surface area contributed by atoms with Gasteiger partial charge in [-0.05, 0) is 30.9 Å². The van der Waals surface area contributed by atoms with Gasteiger partial charge in [0.15, 0.2) is 0 Å². The van der Waals surface area contributed by atoms with Crippen molar-refractivity contribution in [2.75, 3.05) is 11.9 Å². The maximum Gasteiger partial charge on any atom is 0.307 e. The molecule has 1 aliphatic rings. The Hall–Kier alpha value is -2.04. The fraction of sp³-hybridized carbons (Fsp3) is 0.556. The number of aliphatic carboxylic acids is 1. The fourth-order valence-electron chi connectivity index (χ4n) is 2.90. The molecule has 1 aliphatic carbocycles. The van der Waals surface area contributed by atoms with E-state index in [4.69, 9.17) is 4.74 Å². The lowest BCUT2D eigenvalue weighted by Crippen LogP contribution is -2.36. The van der Waals surface area contributed by atoms with Crippen LogP contribution in [0.4, 0.5) is 5.69 Å². The minimum Gasteiger partial charge on any atom is -0.493 e. The lowest BCUT2D eigenvalue weighted by atomic mass is 9.78. The van der Waals surface area contributed by atoms with Crippen LogP contribution in [-0.2, 0) is 9.59 Å². The SMILES string of the molecule is CC(C)COc1cccc(NC(=O)C2CCCCC2C(=O)O)c1. The van der Waals surface area contributed by atoms with E-state index in [1.807, 2.05) is 12.1 Å². The lowest BCUT2D eigenvalue weighted by molar-refractivity contribution is -0.147. The van der Waals surface area contributed by atoms with Gasteiger partial charge in [0, 0.05) is 11.8 Å². The smallest absolute Gasteiger partial charge is 0.307 e. The van der Waals surface area contributed by atoms with Gasteiger partial charge in [-0.15, -0.1) is 0 Å². The summed E-state index contributed by atoms with van der Waals surface area (Å²) in [5, 5.41) is 12.1. The van der Waals surface area contributed by atoms with Crippen molar-refractivity contribution in [2.24, 2.45) is 17.8 Å². The van der Waals surface area contributed by atoms with E-state index in [0.29, 0.717) is 36.8 Å². The van der Waals surface area contributed by atoms with E-state index in [1.54, 1.807) is 12.1 Å². The number of ether oxygens (including phenoxy) is 1. The third kappa shape index (κ3) is 4.98. The van der Waals surface area contributed by atoms with E-state index in [9.17, 15) is 14.7 Å². The molecule has 2 N–H and O–H groups in total. The second-order valence-corrected chi connectivity index (χ2v) is 6.56. The second kappa shape index (κ2) is 7.99. The summed E-state index contributed by atoms with van der Waals surface area (Å²) in [6.45, 7) is 4.75. The van der Waals surface area contributed by atoms with Crippen molar-refractivity contribution >= 4 is 17.6 Å². The summed E-state index contributed by atoms with van der Waals surface area (Å²) in [4.78, 5) is 23.8. The molecular weight excluding hydrogens is 294 g/mol. The lowest BCUT2D eigenvalue weighted by Gasteiger charge is -2.27. The molecule has 0 spiro atoms. The molecule has 1 amide bonds. The zero-order valence-corrected chi connectivity index (χ0v) is 13.7. The third-order valence-electron chi connectivity index (χ3n) is 4.10. The molecule has 0 heterocycles. The van der Waals surface area contributed by atoms with Crippen molar-refractivity contribution < 1.29 is 19.4 Å². The van der Waals surface area contributed by atoms with Crippen LogP contribution in [-0.4, -0.2) is 23.6 Å². The molecule has 0 aliphatic heterocycles. The number of carboxylic acids is 1. The van der Waals surface area contributed by atoms with Crippen LogP contribution in [0.2, 0.25) is 0 Å². The Kier molecular flexibility index (Phi) is 6.02. The normalized spacial score (nSPS) is 21.0. The number of carbonyl (C=O) groups excluding carboxylic acids is 1. The van der Waals surface area contributed by atoms with Gasteiger partial charge in [-0.2, -0.15) is 0 Å². The quantitative estimate of drug-likeness (QED) is 0.841. The van der Waals surface area contributed by atoms with Gasteiger partial charge in [0.1, 0.15) is 5.75 Å². The molecule has 23 heavy (non-hydrogen) atoms. The molecule has 1 aromatic rings. The minimum atomic E-state index is -0.876. The Morgan fingerprint density at radius 2 is 1.96 bits per heavy atom. The third-order valence-corrected chi connectivity index (χ3v) is 4.10. The molecular formula is C18H25NO4. The number of hydrogen-bond donors (Lipinski definition) is 2. The molecule has 2 unspecified atom stereocenters. The molecule has 0 bridgehead atoms. The molecule has 2 rings (SSSR count). The molecule has 5 nitrogen and oxygen atoms in total. The van der Waals surface area contributed by atoms with E-state index in [1.165, 1.54) is 0 Å². The van der Waals surface area contributed by atoms with Gasteiger partial charge in [0.25, 0.3) is 0 Å². The summed E-state index contributed by atoms with van der Waals surface area (Å²) in [6.07, 6.45) is 2.98. The molecule has 0 radical (unpaired) electrons. The van der Waals surface area contributed by atoms with Crippen molar-refractivity contribution in [3.05, 3.63) is 24.3 Å². The van der Waals surface area contributed by atoms with Crippen molar-refractivity contribution in [2.45, 2.75) is 39.5 Å². The maximum atomic E-state index is 12.4. The van der Waals surface area contributed by atoms with E-state index in [2.05, 4.69) is 19.2 Å². The predicted octanol–water partition coefficient (Wildman–Crippen LogP) is 3.55. The van der Waals surface area contributed by atoms with Crippen LogP contribution in [0.5, 0.6) is 5.75 Å². The Morgan fingerprint density at radius 1 is 1.26 bits per heavy atom. The van der Waals surface area contributed by atoms with Crippen LogP contribution >= 0.6 is 0 Å². The molecule has 0 saturated heterocycles. The number of hydrogen-bond acceptors (Lipinski definition) is 3. The van der Waals surface area contributed by atoms with Crippen molar-refractivity contribution in [3.8, 4) is 5.75 Å². The maximum absolute atomic E-state index is 12.4. The van der Waals surface area contributed by atoms with Gasteiger partial charge in [0.05, 0.1) is 18.4 Å². The number of benzene rings is 1. The number of amides is 1. The highest BCUT2D eigenvalue weighted by Crippen LogP contribution is 2.31. The average molecular weight is 319 g/mol. The monoisotopic (exact) mass is 319 g/mol. The van der Waals surface area contributed by atoms with Crippen LogP contribution in [0.25, 0.3) is 0 Å². The Bertz CT molecular complexity index is 556. The number of rotatable bonds is 6. The second-order valence-electron chi connectivity index (χ2n) is 6.56. The van der Waals surface area contributed by atoms with Gasteiger partial charge in [0.2, 0.25) is 5.91 Å². The first-order valence-corrected chi connectivity index (χ1v) is 8.24. The van der Waals surface area contributed by atoms with Crippen LogP contribution in [0.1, 0.15) is 39.5 Å². The number of anilines is 1. The van der Waals surface area contributed by atoms with Crippen LogP contribution in [0, 0.1) is 17.8 Å². The predicted molar refractivity (Wildman–Crippen MR) is 88.5 cm³/mol. The average Bonchev–Trinajstić information content (AvgIpc) is 2.53. The van der Waals surface area contributed by atoms with E-state index < -0.39 is 17.8 Å². The highest BCUT2D eigenvalue weighted by atomic mass is 16.5. The van der Waals surface area contributed by atoms with Gasteiger partial charge < -0.3 is 15.2 Å². The Balaban J connectivity index is 2.01. The summed E-state index contributed by atoms with van der Waals surface area (Å²) in [5.74, 6) is -0.996. The van der Waals surface area contributed by atoms with E-state index in [-0.39, 0.29) is 5.91 Å². The summed E-state index contributed by atoms with van der Waals surface area (Å²) in [6, 6.07) is 7.23. The summed E-state index contributed by atoms with van der Waals surface area (Å²) in [5.41, 5.74) is 0.644. The standard InChI is InChI=1S/C18H25NO4/c1-12(2)11-23-14-7-5-6-13(10-14)19-17(20)15-8-3-4-9-16(15)18(21)22/h5-7,10,12,15-16H,3-4,8-9,11H2,1-2H3,(H,19,20)(H,21,22). The topological polar surface area (TPSA) is 75.6 Å². The fourth-order valence-corrected chi connectivity index (χ4v) is 2.90. The summed E-state index contributed by atoms with van der Waals surface area (Å²) < 4.78 is 5.65. The Morgan fingerprint density at radius 3 is 2.61 bits per heavy atom. The zero-order chi connectivity index (χ0) is 16.8. The van der Waals surface area contributed by atoms with Crippen LogP contribution in [0.3, 0.4) is 0 Å². The molecule has 1 fully saturated rings. The van der Waals surface area contributed by atoms with Gasteiger partial charge >= 0.3 is 5.97 Å². The molecule has 0 aromatic heterocycles. The van der Waals surface area contributed by atoms with Crippen LogP contribution in [0.15, 0.2) is 24.3 Å². The van der Waals surface area contributed by atoms with Gasteiger partial charge in [-0.3, -0.25) is 9.59 Å². The minimum absolute atomic E-state index is 0.210. The van der Waals surface area contributed by atoms with Gasteiger partial charge in [-0.1, -0.05) is 32.8 Å². The van der Waals surface area contributed by atoms with Crippen molar-refractivity contribution in [3.63, 3.8) is 0 Å². The van der Waals surface area contributed by atoms with E-state index >= 15 is 0 Å². The highest BCUT2D eigenvalue weighted by Gasteiger charge is 2.35. The summed E-state index contributed by atoms with van der Waals surface area (Å²) >= 11 is 0.